The zero-order valence-corrected chi connectivity index (χ0v) is 9.70. The lowest BCUT2D eigenvalue weighted by Crippen LogP contribution is -2.18. The van der Waals surface area contributed by atoms with Crippen molar-refractivity contribution < 1.29 is 14.7 Å². The summed E-state index contributed by atoms with van der Waals surface area (Å²) >= 11 is 0. The lowest BCUT2D eigenvalue weighted by Gasteiger charge is -1.99. The van der Waals surface area contributed by atoms with Gasteiger partial charge in [0.1, 0.15) is 5.69 Å². The molecule has 96 valence electrons. The Morgan fingerprint density at radius 1 is 1.32 bits per heavy atom. The van der Waals surface area contributed by atoms with Crippen LogP contribution >= 0.6 is 0 Å². The minimum absolute atomic E-state index is 0.113. The number of hydrazone groups is 1. The molecule has 0 radical (unpaired) electrons. The molecular weight excluding hydrogens is 248 g/mol. The number of carboxylic acids is 1. The third-order valence-electron chi connectivity index (χ3n) is 2.31. The summed E-state index contributed by atoms with van der Waals surface area (Å²) in [6, 6.07) is 7.85. The van der Waals surface area contributed by atoms with E-state index in [1.54, 1.807) is 18.2 Å². The van der Waals surface area contributed by atoms with Gasteiger partial charge in [0, 0.05) is 11.8 Å². The second kappa shape index (κ2) is 5.58. The molecule has 7 nitrogen and oxygen atoms in total. The van der Waals surface area contributed by atoms with Crippen molar-refractivity contribution in [3.8, 4) is 0 Å². The van der Waals surface area contributed by atoms with Crippen molar-refractivity contribution in [2.24, 2.45) is 5.10 Å². The van der Waals surface area contributed by atoms with Gasteiger partial charge in [-0.3, -0.25) is 9.89 Å². The van der Waals surface area contributed by atoms with Crippen LogP contribution in [0.1, 0.15) is 26.4 Å². The van der Waals surface area contributed by atoms with Gasteiger partial charge in [0.05, 0.1) is 11.8 Å². The van der Waals surface area contributed by atoms with Gasteiger partial charge >= 0.3 is 5.97 Å². The SMILES string of the molecule is O=C(N/N=C\c1ccccc1C(=O)O)c1ccn[nH]1. The number of nitrogens with zero attached hydrogens (tertiary/aromatic N) is 2. The monoisotopic (exact) mass is 258 g/mol. The first-order chi connectivity index (χ1) is 9.18. The van der Waals surface area contributed by atoms with Gasteiger partial charge in [-0.1, -0.05) is 18.2 Å². The van der Waals surface area contributed by atoms with Gasteiger partial charge in [0.15, 0.2) is 0 Å². The molecule has 0 fully saturated rings. The minimum Gasteiger partial charge on any atom is -0.478 e. The van der Waals surface area contributed by atoms with E-state index in [-0.39, 0.29) is 11.3 Å². The first-order valence-corrected chi connectivity index (χ1v) is 5.33. The average Bonchev–Trinajstić information content (AvgIpc) is 2.93. The van der Waals surface area contributed by atoms with Gasteiger partial charge in [0.25, 0.3) is 5.91 Å². The minimum atomic E-state index is -1.05. The van der Waals surface area contributed by atoms with Crippen LogP contribution in [0.3, 0.4) is 0 Å². The summed E-state index contributed by atoms with van der Waals surface area (Å²) in [6.45, 7) is 0. The summed E-state index contributed by atoms with van der Waals surface area (Å²) in [4.78, 5) is 22.4. The topological polar surface area (TPSA) is 107 Å². The molecule has 0 unspecified atom stereocenters. The van der Waals surface area contributed by atoms with Crippen LogP contribution in [-0.2, 0) is 0 Å². The van der Waals surface area contributed by atoms with Gasteiger partial charge in [-0.25, -0.2) is 10.2 Å². The number of aromatic nitrogens is 2. The number of aromatic carboxylic acids is 1. The molecule has 2 aromatic rings. The standard InChI is InChI=1S/C12H10N4O3/c17-11(10-5-6-13-15-10)16-14-7-8-3-1-2-4-9(8)12(18)19/h1-7H,(H,13,15)(H,16,17)(H,18,19)/b14-7-. The summed E-state index contributed by atoms with van der Waals surface area (Å²) in [5.74, 6) is -1.51. The Kier molecular flexibility index (Phi) is 3.67. The molecule has 0 aliphatic rings. The Morgan fingerprint density at radius 3 is 2.79 bits per heavy atom. The summed E-state index contributed by atoms with van der Waals surface area (Å²) < 4.78 is 0. The number of benzene rings is 1. The number of nitrogens with one attached hydrogen (secondary N) is 2. The fourth-order valence-corrected chi connectivity index (χ4v) is 1.41. The number of rotatable bonds is 4. The molecule has 0 bridgehead atoms. The molecule has 19 heavy (non-hydrogen) atoms. The van der Waals surface area contributed by atoms with Crippen molar-refractivity contribution in [1.82, 2.24) is 15.6 Å². The molecule has 1 heterocycles. The highest BCUT2D eigenvalue weighted by molar-refractivity contribution is 5.99. The van der Waals surface area contributed by atoms with Crippen molar-refractivity contribution in [2.45, 2.75) is 0 Å². The molecule has 0 spiro atoms. The number of carbonyl (C=O) groups excluding carboxylic acids is 1. The van der Waals surface area contributed by atoms with Gasteiger partial charge < -0.3 is 5.11 Å². The van der Waals surface area contributed by atoms with Crippen LogP contribution < -0.4 is 5.43 Å². The van der Waals surface area contributed by atoms with Crippen LogP contribution in [0.4, 0.5) is 0 Å². The van der Waals surface area contributed by atoms with Crippen LogP contribution in [0, 0.1) is 0 Å². The van der Waals surface area contributed by atoms with E-state index in [4.69, 9.17) is 5.11 Å². The van der Waals surface area contributed by atoms with Gasteiger partial charge in [0.2, 0.25) is 0 Å². The number of carbonyl (C=O) groups is 2. The molecule has 2 rings (SSSR count). The quantitative estimate of drug-likeness (QED) is 0.558. The summed E-state index contributed by atoms with van der Waals surface area (Å²) in [5.41, 5.74) is 3.05. The maximum absolute atomic E-state index is 11.5. The van der Waals surface area contributed by atoms with Crippen LogP contribution in [0.5, 0.6) is 0 Å². The molecule has 1 amide bonds. The molecule has 7 heteroatoms. The van der Waals surface area contributed by atoms with Crippen LogP contribution in [0.25, 0.3) is 0 Å². The molecule has 0 saturated carbocycles. The van der Waals surface area contributed by atoms with Gasteiger partial charge in [-0.2, -0.15) is 10.2 Å². The lowest BCUT2D eigenvalue weighted by atomic mass is 10.1. The fourth-order valence-electron chi connectivity index (χ4n) is 1.41. The van der Waals surface area contributed by atoms with Crippen molar-refractivity contribution in [3.63, 3.8) is 0 Å². The normalized spacial score (nSPS) is 10.5. The van der Waals surface area contributed by atoms with E-state index in [2.05, 4.69) is 20.7 Å². The number of aromatic amines is 1. The molecular formula is C12H10N4O3. The highest BCUT2D eigenvalue weighted by atomic mass is 16.4. The molecule has 1 aromatic heterocycles. The second-order valence-corrected chi connectivity index (χ2v) is 3.56. The van der Waals surface area contributed by atoms with E-state index < -0.39 is 11.9 Å². The Morgan fingerprint density at radius 2 is 2.11 bits per heavy atom. The van der Waals surface area contributed by atoms with Gasteiger partial charge in [-0.05, 0) is 12.1 Å². The molecule has 3 N–H and O–H groups in total. The van der Waals surface area contributed by atoms with E-state index in [1.807, 2.05) is 0 Å². The predicted molar refractivity (Wildman–Crippen MR) is 67.0 cm³/mol. The van der Waals surface area contributed by atoms with Crippen molar-refractivity contribution in [3.05, 3.63) is 53.3 Å². The van der Waals surface area contributed by atoms with Crippen molar-refractivity contribution in [2.75, 3.05) is 0 Å². The van der Waals surface area contributed by atoms with Crippen LogP contribution in [0.2, 0.25) is 0 Å². The van der Waals surface area contributed by atoms with E-state index in [1.165, 1.54) is 24.5 Å². The Hall–Kier alpha value is -2.96. The first-order valence-electron chi connectivity index (χ1n) is 5.33. The van der Waals surface area contributed by atoms with Crippen LogP contribution in [-0.4, -0.2) is 33.4 Å². The van der Waals surface area contributed by atoms with E-state index >= 15 is 0 Å². The lowest BCUT2D eigenvalue weighted by molar-refractivity contribution is 0.0696. The van der Waals surface area contributed by atoms with Crippen molar-refractivity contribution >= 4 is 18.1 Å². The number of hydrogen-bond acceptors (Lipinski definition) is 4. The maximum atomic E-state index is 11.5. The Bertz CT molecular complexity index is 620. The molecule has 1 aromatic carbocycles. The third kappa shape index (κ3) is 3.03. The predicted octanol–water partition coefficient (Wildman–Crippen LogP) is 0.872. The second-order valence-electron chi connectivity index (χ2n) is 3.56. The summed E-state index contributed by atoms with van der Waals surface area (Å²) in [6.07, 6.45) is 2.72. The average molecular weight is 258 g/mol. The smallest absolute Gasteiger partial charge is 0.336 e. The number of hydrogen-bond donors (Lipinski definition) is 3. The van der Waals surface area contributed by atoms with E-state index in [0.29, 0.717) is 5.56 Å². The maximum Gasteiger partial charge on any atom is 0.336 e. The Balaban J connectivity index is 2.07. The third-order valence-corrected chi connectivity index (χ3v) is 2.31. The Labute approximate surface area is 108 Å². The molecule has 0 atom stereocenters. The molecule has 0 aliphatic carbocycles. The van der Waals surface area contributed by atoms with E-state index in [9.17, 15) is 9.59 Å². The zero-order chi connectivity index (χ0) is 13.7. The summed E-state index contributed by atoms with van der Waals surface area (Å²) in [7, 11) is 0. The summed E-state index contributed by atoms with van der Waals surface area (Å²) in [5, 5.41) is 18.8. The largest absolute Gasteiger partial charge is 0.478 e. The zero-order valence-electron chi connectivity index (χ0n) is 9.70. The van der Waals surface area contributed by atoms with Gasteiger partial charge in [-0.15, -0.1) is 0 Å². The number of H-pyrrole nitrogens is 1. The number of amides is 1. The first kappa shape index (κ1) is 12.5. The highest BCUT2D eigenvalue weighted by Crippen LogP contribution is 2.05. The highest BCUT2D eigenvalue weighted by Gasteiger charge is 2.07. The van der Waals surface area contributed by atoms with E-state index in [0.717, 1.165) is 0 Å². The van der Waals surface area contributed by atoms with Crippen molar-refractivity contribution in [1.29, 1.82) is 0 Å². The number of carboxylic acid groups (broad SMARTS) is 1. The molecule has 0 aliphatic heterocycles. The fraction of sp³-hybridized carbons (Fsp3) is 0. The van der Waals surface area contributed by atoms with Crippen LogP contribution in [0.15, 0.2) is 41.6 Å². The molecule has 0 saturated heterocycles.